The summed E-state index contributed by atoms with van der Waals surface area (Å²) < 4.78 is 0. The molecule has 4 nitrogen and oxygen atoms in total. The van der Waals surface area contributed by atoms with E-state index in [2.05, 4.69) is 10.3 Å². The van der Waals surface area contributed by atoms with E-state index in [0.717, 1.165) is 10.7 Å². The largest absolute Gasteiger partial charge is 0.339 e. The second-order valence-electron chi connectivity index (χ2n) is 4.14. The first-order valence-corrected chi connectivity index (χ1v) is 6.25. The summed E-state index contributed by atoms with van der Waals surface area (Å²) in [4.78, 5) is 17.7. The molecule has 0 aliphatic rings. The molecule has 1 aromatic heterocycles. The molecule has 0 spiro atoms. The van der Waals surface area contributed by atoms with Crippen LogP contribution in [0, 0.1) is 6.92 Å². The Morgan fingerprint density at radius 3 is 2.81 bits per heavy atom. The smallest absolute Gasteiger partial charge is 0.236 e. The lowest BCUT2D eigenvalue weighted by Gasteiger charge is -2.17. The topological polar surface area (TPSA) is 45.2 Å². The molecule has 1 N–H and O–H groups in total. The van der Waals surface area contributed by atoms with Crippen LogP contribution in [-0.4, -0.2) is 35.4 Å². The molecule has 0 aromatic carbocycles. The van der Waals surface area contributed by atoms with Gasteiger partial charge in [0, 0.05) is 18.5 Å². The number of hydrogen-bond acceptors (Lipinski definition) is 4. The molecule has 1 heterocycles. The highest BCUT2D eigenvalue weighted by Crippen LogP contribution is 2.09. The fourth-order valence-electron chi connectivity index (χ4n) is 1.24. The maximum Gasteiger partial charge on any atom is 0.236 e. The van der Waals surface area contributed by atoms with Crippen molar-refractivity contribution >= 4 is 17.2 Å². The van der Waals surface area contributed by atoms with Gasteiger partial charge in [-0.05, 0) is 6.92 Å². The molecule has 1 rings (SSSR count). The lowest BCUT2D eigenvalue weighted by Crippen LogP contribution is -2.37. The normalized spacial score (nSPS) is 10.8. The number of carbonyl (C=O) groups excluding carboxylic acids is 1. The van der Waals surface area contributed by atoms with E-state index < -0.39 is 0 Å². The van der Waals surface area contributed by atoms with Crippen molar-refractivity contribution in [1.82, 2.24) is 15.2 Å². The molecular formula is C11H19N3OS. The van der Waals surface area contributed by atoms with Crippen LogP contribution in [-0.2, 0) is 11.3 Å². The molecule has 1 aromatic rings. The third-order valence-corrected chi connectivity index (χ3v) is 2.98. The quantitative estimate of drug-likeness (QED) is 0.847. The van der Waals surface area contributed by atoms with Crippen LogP contribution in [0.1, 0.15) is 24.5 Å². The van der Waals surface area contributed by atoms with Gasteiger partial charge in [-0.1, -0.05) is 13.8 Å². The van der Waals surface area contributed by atoms with E-state index >= 15 is 0 Å². The van der Waals surface area contributed by atoms with E-state index in [9.17, 15) is 4.79 Å². The first kappa shape index (κ1) is 13.1. The fourth-order valence-corrected chi connectivity index (χ4v) is 1.84. The summed E-state index contributed by atoms with van der Waals surface area (Å²) in [5.41, 5.74) is 0.961. The number of carbonyl (C=O) groups is 1. The minimum absolute atomic E-state index is 0.0966. The SMILES string of the molecule is Cc1nc(CN(C)C(=O)CNC(C)C)cs1. The second kappa shape index (κ2) is 5.96. The molecular weight excluding hydrogens is 222 g/mol. The summed E-state index contributed by atoms with van der Waals surface area (Å²) in [6.07, 6.45) is 0. The molecule has 0 fully saturated rings. The number of hydrogen-bond donors (Lipinski definition) is 1. The van der Waals surface area contributed by atoms with Gasteiger partial charge < -0.3 is 10.2 Å². The van der Waals surface area contributed by atoms with E-state index in [1.54, 1.807) is 23.3 Å². The molecule has 0 radical (unpaired) electrons. The van der Waals surface area contributed by atoms with Gasteiger partial charge in [0.15, 0.2) is 0 Å². The highest BCUT2D eigenvalue weighted by Gasteiger charge is 2.10. The fraction of sp³-hybridized carbons (Fsp3) is 0.636. The van der Waals surface area contributed by atoms with Crippen LogP contribution < -0.4 is 5.32 Å². The van der Waals surface area contributed by atoms with Crippen LogP contribution in [0.15, 0.2) is 5.38 Å². The number of rotatable bonds is 5. The Kier molecular flexibility index (Phi) is 4.89. The minimum Gasteiger partial charge on any atom is -0.339 e. The van der Waals surface area contributed by atoms with Gasteiger partial charge in [0.05, 0.1) is 23.8 Å². The van der Waals surface area contributed by atoms with Crippen molar-refractivity contribution in [2.45, 2.75) is 33.4 Å². The van der Waals surface area contributed by atoms with Crippen molar-refractivity contribution < 1.29 is 4.79 Å². The molecule has 0 atom stereocenters. The Bertz CT molecular complexity index is 349. The van der Waals surface area contributed by atoms with Gasteiger partial charge in [-0.3, -0.25) is 4.79 Å². The molecule has 16 heavy (non-hydrogen) atoms. The van der Waals surface area contributed by atoms with Crippen LogP contribution in [0.5, 0.6) is 0 Å². The zero-order valence-electron chi connectivity index (χ0n) is 10.3. The number of thiazole rings is 1. The highest BCUT2D eigenvalue weighted by atomic mass is 32.1. The molecule has 5 heteroatoms. The van der Waals surface area contributed by atoms with Crippen molar-refractivity contribution in [3.05, 3.63) is 16.1 Å². The van der Waals surface area contributed by atoms with Crippen LogP contribution in [0.4, 0.5) is 0 Å². The summed E-state index contributed by atoms with van der Waals surface area (Å²) >= 11 is 1.61. The van der Waals surface area contributed by atoms with Crippen molar-refractivity contribution in [3.63, 3.8) is 0 Å². The zero-order chi connectivity index (χ0) is 12.1. The maximum absolute atomic E-state index is 11.7. The standard InChI is InChI=1S/C11H19N3OS/c1-8(2)12-5-11(15)14(4)6-10-7-16-9(3)13-10/h7-8,12H,5-6H2,1-4H3. The van der Waals surface area contributed by atoms with Crippen molar-refractivity contribution in [1.29, 1.82) is 0 Å². The van der Waals surface area contributed by atoms with E-state index in [0.29, 0.717) is 19.1 Å². The number of nitrogens with one attached hydrogen (secondary N) is 1. The molecule has 0 saturated heterocycles. The first-order chi connectivity index (χ1) is 7.49. The molecule has 0 aliphatic heterocycles. The summed E-state index contributed by atoms with van der Waals surface area (Å²) in [6, 6.07) is 0.332. The maximum atomic E-state index is 11.7. The van der Waals surface area contributed by atoms with Crippen molar-refractivity contribution in [3.8, 4) is 0 Å². The number of amides is 1. The van der Waals surface area contributed by atoms with Crippen LogP contribution >= 0.6 is 11.3 Å². The Hall–Kier alpha value is -0.940. The molecule has 0 unspecified atom stereocenters. The van der Waals surface area contributed by atoms with Gasteiger partial charge >= 0.3 is 0 Å². The third kappa shape index (κ3) is 4.28. The van der Waals surface area contributed by atoms with E-state index in [4.69, 9.17) is 0 Å². The van der Waals surface area contributed by atoms with Gasteiger partial charge in [0.25, 0.3) is 0 Å². The second-order valence-corrected chi connectivity index (χ2v) is 5.21. The van der Waals surface area contributed by atoms with E-state index in [1.165, 1.54) is 0 Å². The average Bonchev–Trinajstić information content (AvgIpc) is 2.60. The Balaban J connectivity index is 2.39. The number of nitrogens with zero attached hydrogens (tertiary/aromatic N) is 2. The zero-order valence-corrected chi connectivity index (χ0v) is 11.1. The molecule has 0 saturated carbocycles. The van der Waals surface area contributed by atoms with E-state index in [-0.39, 0.29) is 5.91 Å². The highest BCUT2D eigenvalue weighted by molar-refractivity contribution is 7.09. The number of aryl methyl sites for hydroxylation is 1. The van der Waals surface area contributed by atoms with E-state index in [1.807, 2.05) is 26.2 Å². The first-order valence-electron chi connectivity index (χ1n) is 5.37. The summed E-state index contributed by atoms with van der Waals surface area (Å²) in [6.45, 7) is 6.99. The Morgan fingerprint density at radius 2 is 2.31 bits per heavy atom. The monoisotopic (exact) mass is 241 g/mol. The summed E-state index contributed by atoms with van der Waals surface area (Å²) in [5.74, 6) is 0.0966. The predicted octanol–water partition coefficient (Wildman–Crippen LogP) is 1.41. The molecule has 0 aliphatic carbocycles. The third-order valence-electron chi connectivity index (χ3n) is 2.15. The number of aromatic nitrogens is 1. The van der Waals surface area contributed by atoms with Crippen LogP contribution in [0.25, 0.3) is 0 Å². The Labute approximate surface area is 101 Å². The Morgan fingerprint density at radius 1 is 1.62 bits per heavy atom. The van der Waals surface area contributed by atoms with Crippen molar-refractivity contribution in [2.24, 2.45) is 0 Å². The van der Waals surface area contributed by atoms with Gasteiger partial charge in [-0.15, -0.1) is 11.3 Å². The summed E-state index contributed by atoms with van der Waals surface area (Å²) in [5, 5.41) is 6.14. The lowest BCUT2D eigenvalue weighted by molar-refractivity contribution is -0.129. The van der Waals surface area contributed by atoms with Gasteiger partial charge in [0.2, 0.25) is 5.91 Å². The average molecular weight is 241 g/mol. The van der Waals surface area contributed by atoms with Gasteiger partial charge in [-0.2, -0.15) is 0 Å². The minimum atomic E-state index is 0.0966. The molecule has 1 amide bonds. The molecule has 0 bridgehead atoms. The summed E-state index contributed by atoms with van der Waals surface area (Å²) in [7, 11) is 1.80. The number of likely N-dealkylation sites (N-methyl/N-ethyl adjacent to an activating group) is 1. The van der Waals surface area contributed by atoms with Gasteiger partial charge in [0.1, 0.15) is 0 Å². The molecule has 90 valence electrons. The van der Waals surface area contributed by atoms with Crippen molar-refractivity contribution in [2.75, 3.05) is 13.6 Å². The lowest BCUT2D eigenvalue weighted by atomic mass is 10.3. The van der Waals surface area contributed by atoms with Crippen LogP contribution in [0.2, 0.25) is 0 Å². The van der Waals surface area contributed by atoms with Crippen LogP contribution in [0.3, 0.4) is 0 Å². The van der Waals surface area contributed by atoms with Gasteiger partial charge in [-0.25, -0.2) is 4.98 Å². The predicted molar refractivity (Wildman–Crippen MR) is 66.5 cm³/mol.